The fourth-order valence-electron chi connectivity index (χ4n) is 3.25. The standard InChI is InChI=1S/C21H25FN2O3/c1-26-20-8-3-2-7-19(20)23-21(25)16-9-11-24(12-10-16)13-14-27-18-6-4-5-17(22)15-18/h2-8,15-16H,9-14H2,1H3,(H,23,25). The zero-order chi connectivity index (χ0) is 19.1. The Morgan fingerprint density at radius 2 is 1.96 bits per heavy atom. The van der Waals surface area contributed by atoms with Crippen molar-refractivity contribution in [1.29, 1.82) is 0 Å². The van der Waals surface area contributed by atoms with Crippen LogP contribution >= 0.6 is 0 Å². The van der Waals surface area contributed by atoms with Gasteiger partial charge in [-0.1, -0.05) is 18.2 Å². The van der Waals surface area contributed by atoms with Crippen molar-refractivity contribution < 1.29 is 18.7 Å². The molecule has 1 N–H and O–H groups in total. The number of hydrogen-bond acceptors (Lipinski definition) is 4. The molecule has 2 aromatic carbocycles. The van der Waals surface area contributed by atoms with E-state index in [1.807, 2.05) is 24.3 Å². The van der Waals surface area contributed by atoms with Crippen molar-refractivity contribution in [3.63, 3.8) is 0 Å². The quantitative estimate of drug-likeness (QED) is 0.807. The van der Waals surface area contributed by atoms with Crippen LogP contribution in [-0.2, 0) is 4.79 Å². The predicted molar refractivity (Wildman–Crippen MR) is 103 cm³/mol. The van der Waals surface area contributed by atoms with Gasteiger partial charge in [-0.3, -0.25) is 9.69 Å². The molecule has 27 heavy (non-hydrogen) atoms. The van der Waals surface area contributed by atoms with E-state index in [4.69, 9.17) is 9.47 Å². The van der Waals surface area contributed by atoms with Gasteiger partial charge in [0.2, 0.25) is 5.91 Å². The van der Waals surface area contributed by atoms with Gasteiger partial charge in [-0.05, 0) is 50.2 Å². The molecule has 3 rings (SSSR count). The van der Waals surface area contributed by atoms with Crippen molar-refractivity contribution in [2.45, 2.75) is 12.8 Å². The number of para-hydroxylation sites is 2. The number of halogens is 1. The molecule has 0 atom stereocenters. The van der Waals surface area contributed by atoms with Crippen LogP contribution in [-0.4, -0.2) is 44.2 Å². The second-order valence-electron chi connectivity index (χ2n) is 6.61. The SMILES string of the molecule is COc1ccccc1NC(=O)C1CCN(CCOc2cccc(F)c2)CC1. The van der Waals surface area contributed by atoms with Gasteiger partial charge < -0.3 is 14.8 Å². The van der Waals surface area contributed by atoms with Crippen molar-refractivity contribution in [3.8, 4) is 11.5 Å². The largest absolute Gasteiger partial charge is 0.495 e. The molecule has 144 valence electrons. The van der Waals surface area contributed by atoms with Gasteiger partial charge in [-0.25, -0.2) is 4.39 Å². The highest BCUT2D eigenvalue weighted by Crippen LogP contribution is 2.25. The second-order valence-corrected chi connectivity index (χ2v) is 6.61. The van der Waals surface area contributed by atoms with Crippen molar-refractivity contribution >= 4 is 11.6 Å². The molecule has 0 aromatic heterocycles. The highest BCUT2D eigenvalue weighted by Gasteiger charge is 2.25. The Labute approximate surface area is 159 Å². The Morgan fingerprint density at radius 1 is 1.19 bits per heavy atom. The third-order valence-electron chi connectivity index (χ3n) is 4.80. The topological polar surface area (TPSA) is 50.8 Å². The van der Waals surface area contributed by atoms with E-state index in [2.05, 4.69) is 10.2 Å². The van der Waals surface area contributed by atoms with E-state index in [1.54, 1.807) is 19.2 Å². The van der Waals surface area contributed by atoms with Gasteiger partial charge in [-0.2, -0.15) is 0 Å². The zero-order valence-corrected chi connectivity index (χ0v) is 15.5. The molecule has 0 bridgehead atoms. The first-order chi connectivity index (χ1) is 13.2. The molecule has 1 amide bonds. The first-order valence-electron chi connectivity index (χ1n) is 9.20. The first-order valence-corrected chi connectivity index (χ1v) is 9.20. The number of piperidine rings is 1. The van der Waals surface area contributed by atoms with E-state index in [9.17, 15) is 9.18 Å². The lowest BCUT2D eigenvalue weighted by Gasteiger charge is -2.31. The monoisotopic (exact) mass is 372 g/mol. The molecule has 0 spiro atoms. The van der Waals surface area contributed by atoms with Gasteiger partial charge in [0, 0.05) is 18.5 Å². The summed E-state index contributed by atoms with van der Waals surface area (Å²) in [6, 6.07) is 13.6. The van der Waals surface area contributed by atoms with E-state index in [0.717, 1.165) is 32.5 Å². The molecule has 6 heteroatoms. The van der Waals surface area contributed by atoms with Crippen LogP contribution in [0.3, 0.4) is 0 Å². The minimum atomic E-state index is -0.297. The Balaban J connectivity index is 1.41. The molecule has 1 heterocycles. The summed E-state index contributed by atoms with van der Waals surface area (Å²) < 4.78 is 24.0. The summed E-state index contributed by atoms with van der Waals surface area (Å²) in [5.74, 6) is 0.943. The van der Waals surface area contributed by atoms with Gasteiger partial charge >= 0.3 is 0 Å². The van der Waals surface area contributed by atoms with E-state index in [0.29, 0.717) is 23.8 Å². The maximum absolute atomic E-state index is 13.1. The number of nitrogens with zero attached hydrogens (tertiary/aromatic N) is 1. The highest BCUT2D eigenvalue weighted by molar-refractivity contribution is 5.94. The number of amides is 1. The Kier molecular flexibility index (Phi) is 6.65. The van der Waals surface area contributed by atoms with E-state index in [1.165, 1.54) is 12.1 Å². The minimum absolute atomic E-state index is 0.00435. The first kappa shape index (κ1) is 19.2. The fourth-order valence-corrected chi connectivity index (χ4v) is 3.25. The lowest BCUT2D eigenvalue weighted by atomic mass is 9.96. The summed E-state index contributed by atoms with van der Waals surface area (Å²) in [7, 11) is 1.59. The van der Waals surface area contributed by atoms with Crippen LogP contribution < -0.4 is 14.8 Å². The third-order valence-corrected chi connectivity index (χ3v) is 4.80. The number of carbonyl (C=O) groups excluding carboxylic acids is 1. The number of likely N-dealkylation sites (tertiary alicyclic amines) is 1. The molecule has 0 radical (unpaired) electrons. The smallest absolute Gasteiger partial charge is 0.227 e. The number of ether oxygens (including phenoxy) is 2. The number of anilines is 1. The van der Waals surface area contributed by atoms with Crippen LogP contribution in [0.25, 0.3) is 0 Å². The summed E-state index contributed by atoms with van der Waals surface area (Å²) >= 11 is 0. The predicted octanol–water partition coefficient (Wildman–Crippen LogP) is 3.56. The van der Waals surface area contributed by atoms with Crippen LogP contribution in [0.2, 0.25) is 0 Å². The molecule has 1 aliphatic rings. The molecule has 1 fully saturated rings. The minimum Gasteiger partial charge on any atom is -0.495 e. The maximum Gasteiger partial charge on any atom is 0.227 e. The second kappa shape index (κ2) is 9.37. The van der Waals surface area contributed by atoms with Crippen molar-refractivity contribution in [2.24, 2.45) is 5.92 Å². The number of hydrogen-bond donors (Lipinski definition) is 1. The normalized spacial score (nSPS) is 15.3. The van der Waals surface area contributed by atoms with E-state index >= 15 is 0 Å². The van der Waals surface area contributed by atoms with Crippen LogP contribution in [0.5, 0.6) is 11.5 Å². The molecule has 0 saturated carbocycles. The maximum atomic E-state index is 13.1. The summed E-state index contributed by atoms with van der Waals surface area (Å²) in [5, 5.41) is 2.97. The van der Waals surface area contributed by atoms with Crippen LogP contribution in [0.4, 0.5) is 10.1 Å². The van der Waals surface area contributed by atoms with E-state index in [-0.39, 0.29) is 17.6 Å². The molecule has 1 saturated heterocycles. The van der Waals surface area contributed by atoms with Crippen molar-refractivity contribution in [3.05, 3.63) is 54.3 Å². The van der Waals surface area contributed by atoms with E-state index < -0.39 is 0 Å². The summed E-state index contributed by atoms with van der Waals surface area (Å²) in [6.07, 6.45) is 1.61. The Morgan fingerprint density at radius 3 is 2.70 bits per heavy atom. The Hall–Kier alpha value is -2.60. The lowest BCUT2D eigenvalue weighted by molar-refractivity contribution is -0.121. The summed E-state index contributed by atoms with van der Waals surface area (Å²) in [4.78, 5) is 14.8. The fraction of sp³-hybridized carbons (Fsp3) is 0.381. The van der Waals surface area contributed by atoms with Gasteiger partial charge in [0.15, 0.2) is 0 Å². The molecule has 2 aromatic rings. The van der Waals surface area contributed by atoms with Gasteiger partial charge in [0.1, 0.15) is 23.9 Å². The third kappa shape index (κ3) is 5.44. The summed E-state index contributed by atoms with van der Waals surface area (Å²) in [6.45, 7) is 2.95. The molecule has 1 aliphatic heterocycles. The number of rotatable bonds is 7. The van der Waals surface area contributed by atoms with Gasteiger partial charge in [-0.15, -0.1) is 0 Å². The van der Waals surface area contributed by atoms with Crippen LogP contribution in [0.1, 0.15) is 12.8 Å². The molecule has 5 nitrogen and oxygen atoms in total. The average molecular weight is 372 g/mol. The summed E-state index contributed by atoms with van der Waals surface area (Å²) in [5.41, 5.74) is 0.705. The average Bonchev–Trinajstić information content (AvgIpc) is 2.69. The highest BCUT2D eigenvalue weighted by atomic mass is 19.1. The van der Waals surface area contributed by atoms with Crippen molar-refractivity contribution in [1.82, 2.24) is 4.90 Å². The van der Waals surface area contributed by atoms with Gasteiger partial charge in [0.25, 0.3) is 0 Å². The van der Waals surface area contributed by atoms with Gasteiger partial charge in [0.05, 0.1) is 12.8 Å². The Bertz CT molecular complexity index is 761. The number of nitrogens with one attached hydrogen (secondary N) is 1. The number of benzene rings is 2. The lowest BCUT2D eigenvalue weighted by Crippen LogP contribution is -2.40. The zero-order valence-electron chi connectivity index (χ0n) is 15.5. The molecular formula is C21H25FN2O3. The molecule has 0 aliphatic carbocycles. The van der Waals surface area contributed by atoms with Crippen LogP contribution in [0, 0.1) is 11.7 Å². The number of carbonyl (C=O) groups is 1. The van der Waals surface area contributed by atoms with Crippen LogP contribution in [0.15, 0.2) is 48.5 Å². The molecule has 0 unspecified atom stereocenters. The number of methoxy groups -OCH3 is 1. The molecular weight excluding hydrogens is 347 g/mol. The van der Waals surface area contributed by atoms with Crippen molar-refractivity contribution in [2.75, 3.05) is 38.7 Å².